The van der Waals surface area contributed by atoms with Gasteiger partial charge in [0, 0.05) is 5.56 Å². The van der Waals surface area contributed by atoms with Gasteiger partial charge in [0.25, 0.3) is 0 Å². The Bertz CT molecular complexity index is 2160. The summed E-state index contributed by atoms with van der Waals surface area (Å²) >= 11 is 0. The maximum atomic E-state index is 7.32. The Morgan fingerprint density at radius 2 is 0.780 bits per heavy atom. The maximum Gasteiger partial charge on any atom is 0.187 e. The van der Waals surface area contributed by atoms with E-state index in [0.29, 0.717) is 22.6 Å². The van der Waals surface area contributed by atoms with Gasteiger partial charge in [0.05, 0.1) is 24.5 Å². The first kappa shape index (κ1) is 30.2. The predicted octanol–water partition coefficient (Wildman–Crippen LogP) is 12.4. The molecule has 0 atom stereocenters. The van der Waals surface area contributed by atoms with Crippen LogP contribution in [0.2, 0.25) is 0 Å². The molecule has 4 aliphatic rings. The minimum atomic E-state index is 0.437. The van der Waals surface area contributed by atoms with Crippen molar-refractivity contribution in [1.29, 1.82) is 0 Å². The van der Waals surface area contributed by atoms with Gasteiger partial charge in [-0.05, 0) is 107 Å². The van der Waals surface area contributed by atoms with E-state index in [4.69, 9.17) is 23.1 Å². The van der Waals surface area contributed by atoms with Crippen LogP contribution in [0.1, 0.15) is 44.1 Å². The summed E-state index contributed by atoms with van der Waals surface area (Å²) in [6.45, 7) is 14.6. The number of hydrogen-bond acceptors (Lipinski definition) is 2. The van der Waals surface area contributed by atoms with E-state index in [1.807, 2.05) is 54.6 Å². The third-order valence-corrected chi connectivity index (χ3v) is 11.5. The lowest BCUT2D eigenvalue weighted by Crippen LogP contribution is -2.48. The van der Waals surface area contributed by atoms with Gasteiger partial charge in [-0.15, -0.1) is 0 Å². The fraction of sp³-hybridized carbons (Fsp3) is 0.217. The smallest absolute Gasteiger partial charge is 0.187 e. The van der Waals surface area contributed by atoms with E-state index in [2.05, 4.69) is 82.5 Å². The summed E-state index contributed by atoms with van der Waals surface area (Å²) in [4.78, 5) is 17.0. The van der Waals surface area contributed by atoms with Crippen LogP contribution in [0.4, 0.5) is 11.4 Å². The topological polar surface area (TPSA) is 34.5 Å². The van der Waals surface area contributed by atoms with E-state index in [0.717, 1.165) is 51.4 Å². The van der Waals surface area contributed by atoms with Crippen molar-refractivity contribution in [1.82, 2.24) is 9.97 Å². The van der Waals surface area contributed by atoms with Gasteiger partial charge in [0.15, 0.2) is 17.2 Å². The Hall–Kier alpha value is -5.84. The molecule has 4 heteroatoms. The molecule has 0 N–H and O–H groups in total. The highest BCUT2D eigenvalue weighted by molar-refractivity contribution is 5.76. The van der Waals surface area contributed by atoms with E-state index in [1.165, 1.54) is 55.2 Å². The normalized spacial score (nSPS) is 21.8. The van der Waals surface area contributed by atoms with Gasteiger partial charge >= 0.3 is 0 Å². The molecule has 5 aromatic carbocycles. The lowest BCUT2D eigenvalue weighted by atomic mass is 9.48. The first-order valence-corrected chi connectivity index (χ1v) is 17.7. The molecule has 4 nitrogen and oxygen atoms in total. The van der Waals surface area contributed by atoms with Crippen molar-refractivity contribution in [2.24, 2.45) is 17.8 Å². The van der Waals surface area contributed by atoms with Gasteiger partial charge in [0.2, 0.25) is 0 Å². The third-order valence-electron chi connectivity index (χ3n) is 11.5. The molecule has 10 rings (SSSR count). The van der Waals surface area contributed by atoms with Crippen LogP contribution in [0.3, 0.4) is 0 Å². The Morgan fingerprint density at radius 1 is 0.440 bits per heavy atom. The van der Waals surface area contributed by atoms with Crippen molar-refractivity contribution in [2.75, 3.05) is 0 Å². The zero-order chi connectivity index (χ0) is 33.7. The molecule has 1 aromatic heterocycles. The van der Waals surface area contributed by atoms with E-state index in [-0.39, 0.29) is 0 Å². The lowest BCUT2D eigenvalue weighted by Gasteiger charge is -2.57. The van der Waals surface area contributed by atoms with Gasteiger partial charge in [-0.2, -0.15) is 0 Å². The molecule has 6 aromatic rings. The Morgan fingerprint density at radius 3 is 1.16 bits per heavy atom. The van der Waals surface area contributed by atoms with Gasteiger partial charge in [0.1, 0.15) is 0 Å². The first-order chi connectivity index (χ1) is 24.5. The SMILES string of the molecule is [C-]#[N+]c1ccc(-c2cc(-c3ccc([N+]#[C-])cc3)nc(-c3ccc(-c4ccc(-c5ccc(C67CC8CC(CC(C8)C6)C7)cc5)cc4)cc3)n2)cc1. The van der Waals surface area contributed by atoms with Crippen molar-refractivity contribution < 1.29 is 0 Å². The molecule has 4 bridgehead atoms. The number of aromatic nitrogens is 2. The monoisotopic (exact) mass is 644 g/mol. The standard InChI is InChI=1S/C46H36N4/c1-47-41-19-13-37(14-20-41)43-26-44(38-15-21-42(48-2)22-16-38)50-45(49-43)39-9-7-35(8-10-39)33-3-5-34(6-4-33)36-11-17-40(18-12-36)46-27-30-23-31(28-46)25-32(24-30)29-46/h3-22,26,30-32H,23-25,27-29H2. The number of rotatable bonds is 6. The third kappa shape index (κ3) is 5.58. The molecule has 0 unspecified atom stereocenters. The quantitative estimate of drug-likeness (QED) is 0.169. The molecule has 4 saturated carbocycles. The van der Waals surface area contributed by atoms with Gasteiger partial charge in [-0.3, -0.25) is 0 Å². The van der Waals surface area contributed by atoms with Crippen LogP contribution < -0.4 is 0 Å². The summed E-state index contributed by atoms with van der Waals surface area (Å²) in [7, 11) is 0. The largest absolute Gasteiger partial charge is 0.238 e. The molecular weight excluding hydrogens is 609 g/mol. The van der Waals surface area contributed by atoms with Gasteiger partial charge in [-0.1, -0.05) is 121 Å². The van der Waals surface area contributed by atoms with Crippen LogP contribution in [0.25, 0.3) is 65.8 Å². The zero-order valence-corrected chi connectivity index (χ0v) is 27.9. The van der Waals surface area contributed by atoms with Crippen LogP contribution in [-0.2, 0) is 5.41 Å². The second-order valence-electron chi connectivity index (χ2n) is 14.7. The van der Waals surface area contributed by atoms with Crippen LogP contribution in [0, 0.1) is 30.9 Å². The molecule has 0 aliphatic heterocycles. The molecular formula is C46H36N4. The summed E-state index contributed by atoms with van der Waals surface area (Å²) in [6, 6.07) is 43.8. The molecule has 4 aliphatic carbocycles. The molecule has 0 spiro atoms. The van der Waals surface area contributed by atoms with E-state index < -0.39 is 0 Å². The van der Waals surface area contributed by atoms with Crippen LogP contribution >= 0.6 is 0 Å². The van der Waals surface area contributed by atoms with Crippen molar-refractivity contribution >= 4 is 11.4 Å². The highest BCUT2D eigenvalue weighted by atomic mass is 14.9. The van der Waals surface area contributed by atoms with Crippen molar-refractivity contribution in [3.8, 4) is 56.2 Å². The Kier molecular flexibility index (Phi) is 7.40. The summed E-state index contributed by atoms with van der Waals surface area (Å²) in [5, 5.41) is 0. The van der Waals surface area contributed by atoms with E-state index >= 15 is 0 Å². The van der Waals surface area contributed by atoms with Crippen LogP contribution in [-0.4, -0.2) is 9.97 Å². The van der Waals surface area contributed by atoms with E-state index in [1.54, 1.807) is 5.56 Å². The highest BCUT2D eigenvalue weighted by Crippen LogP contribution is 2.60. The molecule has 0 amide bonds. The second kappa shape index (κ2) is 12.2. The van der Waals surface area contributed by atoms with Crippen LogP contribution in [0.15, 0.2) is 127 Å². The minimum Gasteiger partial charge on any atom is -0.238 e. The Labute approximate surface area is 294 Å². The Balaban J connectivity index is 0.968. The van der Waals surface area contributed by atoms with Gasteiger partial charge in [-0.25, -0.2) is 19.7 Å². The second-order valence-corrected chi connectivity index (χ2v) is 14.7. The number of hydrogen-bond donors (Lipinski definition) is 0. The highest BCUT2D eigenvalue weighted by Gasteiger charge is 2.51. The maximum absolute atomic E-state index is 7.32. The van der Waals surface area contributed by atoms with Crippen molar-refractivity contribution in [2.45, 2.75) is 43.9 Å². The van der Waals surface area contributed by atoms with E-state index in [9.17, 15) is 0 Å². The summed E-state index contributed by atoms with van der Waals surface area (Å²) in [6.07, 6.45) is 8.66. The fourth-order valence-electron chi connectivity index (χ4n) is 9.43. The molecule has 1 heterocycles. The molecule has 50 heavy (non-hydrogen) atoms. The van der Waals surface area contributed by atoms with Crippen molar-refractivity contribution in [3.05, 3.63) is 156 Å². The average Bonchev–Trinajstić information content (AvgIpc) is 3.17. The molecule has 4 fully saturated rings. The number of nitrogens with zero attached hydrogens (tertiary/aromatic N) is 4. The summed E-state index contributed by atoms with van der Waals surface area (Å²) in [5.41, 5.74) is 12.3. The first-order valence-electron chi connectivity index (χ1n) is 17.7. The van der Waals surface area contributed by atoms with Crippen molar-refractivity contribution in [3.63, 3.8) is 0 Å². The molecule has 240 valence electrons. The molecule has 0 saturated heterocycles. The zero-order valence-electron chi connectivity index (χ0n) is 27.9. The predicted molar refractivity (Wildman–Crippen MR) is 202 cm³/mol. The summed E-state index contributed by atoms with van der Waals surface area (Å²) < 4.78 is 0. The fourth-order valence-corrected chi connectivity index (χ4v) is 9.43. The summed E-state index contributed by atoms with van der Waals surface area (Å²) in [5.74, 6) is 3.51. The van der Waals surface area contributed by atoms with Gasteiger partial charge < -0.3 is 0 Å². The van der Waals surface area contributed by atoms with Crippen LogP contribution in [0.5, 0.6) is 0 Å². The molecule has 0 radical (unpaired) electrons. The average molecular weight is 645 g/mol. The number of benzene rings is 5. The minimum absolute atomic E-state index is 0.437. The lowest BCUT2D eigenvalue weighted by molar-refractivity contribution is -0.00518.